The van der Waals surface area contributed by atoms with Gasteiger partial charge in [0.25, 0.3) is 5.91 Å². The first-order valence-corrected chi connectivity index (χ1v) is 9.91. The molecule has 6 nitrogen and oxygen atoms in total. The van der Waals surface area contributed by atoms with E-state index in [1.54, 1.807) is 12.4 Å². The van der Waals surface area contributed by atoms with Crippen molar-refractivity contribution in [3.8, 4) is 22.7 Å². The molecule has 1 aromatic heterocycles. The zero-order valence-corrected chi connectivity index (χ0v) is 17.1. The van der Waals surface area contributed by atoms with Gasteiger partial charge in [0.05, 0.1) is 23.8 Å². The molecular weight excluding hydrogens is 388 g/mol. The van der Waals surface area contributed by atoms with Crippen molar-refractivity contribution in [1.82, 2.24) is 15.2 Å². The molecule has 0 radical (unpaired) electrons. The molecule has 0 aliphatic carbocycles. The van der Waals surface area contributed by atoms with Gasteiger partial charge in [-0.05, 0) is 42.8 Å². The molecule has 0 saturated carbocycles. The van der Waals surface area contributed by atoms with E-state index < -0.39 is 0 Å². The Morgan fingerprint density at radius 3 is 2.55 bits per heavy atom. The van der Waals surface area contributed by atoms with Gasteiger partial charge in [-0.2, -0.15) is 10.2 Å². The zero-order chi connectivity index (χ0) is 21.5. The van der Waals surface area contributed by atoms with E-state index in [2.05, 4.69) is 15.6 Å². The van der Waals surface area contributed by atoms with E-state index in [-0.39, 0.29) is 12.5 Å². The fourth-order valence-electron chi connectivity index (χ4n) is 3.15. The summed E-state index contributed by atoms with van der Waals surface area (Å²) in [5, 5.41) is 8.44. The number of carbonyl (C=O) groups is 1. The molecule has 1 heterocycles. The van der Waals surface area contributed by atoms with Crippen molar-refractivity contribution in [3.05, 3.63) is 102 Å². The normalized spacial score (nSPS) is 10.9. The second-order valence-corrected chi connectivity index (χ2v) is 6.96. The molecule has 0 saturated heterocycles. The van der Waals surface area contributed by atoms with Crippen LogP contribution in [0.15, 0.2) is 96.2 Å². The lowest BCUT2D eigenvalue weighted by atomic mass is 10.1. The van der Waals surface area contributed by atoms with Crippen molar-refractivity contribution in [1.29, 1.82) is 0 Å². The van der Waals surface area contributed by atoms with Gasteiger partial charge in [-0.15, -0.1) is 0 Å². The van der Waals surface area contributed by atoms with Crippen LogP contribution in [0.4, 0.5) is 0 Å². The Bertz CT molecular complexity index is 1180. The van der Waals surface area contributed by atoms with Crippen LogP contribution in [0.1, 0.15) is 11.1 Å². The number of aryl methyl sites for hydroxylation is 1. The first-order valence-electron chi connectivity index (χ1n) is 9.91. The highest BCUT2D eigenvalue weighted by Crippen LogP contribution is 2.32. The molecule has 0 fully saturated rings. The molecule has 0 bridgehead atoms. The van der Waals surface area contributed by atoms with Crippen molar-refractivity contribution in [2.75, 3.05) is 6.61 Å². The monoisotopic (exact) mass is 410 g/mol. The van der Waals surface area contributed by atoms with Crippen LogP contribution in [-0.4, -0.2) is 28.5 Å². The Balaban J connectivity index is 1.49. The van der Waals surface area contributed by atoms with Crippen molar-refractivity contribution in [2.45, 2.75) is 6.92 Å². The summed E-state index contributed by atoms with van der Waals surface area (Å²) in [7, 11) is 0. The molecule has 1 N–H and O–H groups in total. The molecule has 3 aromatic carbocycles. The summed E-state index contributed by atoms with van der Waals surface area (Å²) in [4.78, 5) is 12.2. The predicted molar refractivity (Wildman–Crippen MR) is 121 cm³/mol. The number of nitrogens with zero attached hydrogens (tertiary/aromatic N) is 3. The minimum absolute atomic E-state index is 0.151. The lowest BCUT2D eigenvalue weighted by Crippen LogP contribution is -2.24. The maximum atomic E-state index is 12.2. The van der Waals surface area contributed by atoms with E-state index in [9.17, 15) is 4.79 Å². The molecule has 31 heavy (non-hydrogen) atoms. The molecule has 0 unspecified atom stereocenters. The van der Waals surface area contributed by atoms with Crippen LogP contribution < -0.4 is 10.2 Å². The van der Waals surface area contributed by atoms with Gasteiger partial charge >= 0.3 is 0 Å². The van der Waals surface area contributed by atoms with E-state index >= 15 is 0 Å². The third-order valence-electron chi connectivity index (χ3n) is 4.62. The minimum Gasteiger partial charge on any atom is -0.483 e. The largest absolute Gasteiger partial charge is 0.483 e. The highest BCUT2D eigenvalue weighted by atomic mass is 16.5. The van der Waals surface area contributed by atoms with E-state index in [0.29, 0.717) is 5.75 Å². The highest BCUT2D eigenvalue weighted by molar-refractivity contribution is 5.83. The van der Waals surface area contributed by atoms with E-state index in [1.807, 2.05) is 96.5 Å². The fourth-order valence-corrected chi connectivity index (χ4v) is 3.15. The summed E-state index contributed by atoms with van der Waals surface area (Å²) >= 11 is 0. The average Bonchev–Trinajstić information content (AvgIpc) is 3.29. The summed E-state index contributed by atoms with van der Waals surface area (Å²) < 4.78 is 7.70. The molecule has 1 amide bonds. The molecule has 4 rings (SSSR count). The van der Waals surface area contributed by atoms with Gasteiger partial charge in [0, 0.05) is 5.56 Å². The molecule has 0 atom stereocenters. The van der Waals surface area contributed by atoms with Crippen molar-refractivity contribution < 1.29 is 9.53 Å². The maximum absolute atomic E-state index is 12.2. The lowest BCUT2D eigenvalue weighted by Gasteiger charge is -2.14. The number of amides is 1. The summed E-state index contributed by atoms with van der Waals surface area (Å²) in [5.41, 5.74) is 7.17. The standard InChI is InChI=1S/C25H22N4O2/c1-19-12-13-24(31-18-25(30)28-26-17-20-8-4-2-5-9-20)22(16-19)23-14-15-27-29(23)21-10-6-3-7-11-21/h2-17H,18H2,1H3,(H,28,30)/b26-17+. The average molecular weight is 410 g/mol. The number of benzene rings is 3. The van der Waals surface area contributed by atoms with Gasteiger partial charge in [-0.1, -0.05) is 60.2 Å². The number of hydrazone groups is 1. The number of hydrogen-bond acceptors (Lipinski definition) is 4. The summed E-state index contributed by atoms with van der Waals surface area (Å²) in [6.45, 7) is 1.86. The van der Waals surface area contributed by atoms with Crippen LogP contribution in [0.5, 0.6) is 5.75 Å². The smallest absolute Gasteiger partial charge is 0.277 e. The van der Waals surface area contributed by atoms with Crippen LogP contribution in [0.25, 0.3) is 16.9 Å². The van der Waals surface area contributed by atoms with Gasteiger partial charge in [-0.25, -0.2) is 10.1 Å². The number of carbonyl (C=O) groups excluding carboxylic acids is 1. The Hall–Kier alpha value is -4.19. The maximum Gasteiger partial charge on any atom is 0.277 e. The van der Waals surface area contributed by atoms with Crippen LogP contribution in [0.3, 0.4) is 0 Å². The third kappa shape index (κ3) is 5.05. The predicted octanol–water partition coefficient (Wildman–Crippen LogP) is 4.38. The fraction of sp³-hybridized carbons (Fsp3) is 0.0800. The second-order valence-electron chi connectivity index (χ2n) is 6.96. The Labute approximate surface area is 180 Å². The molecule has 0 spiro atoms. The number of hydrogen-bond donors (Lipinski definition) is 1. The molecule has 4 aromatic rings. The summed E-state index contributed by atoms with van der Waals surface area (Å²) in [5.74, 6) is 0.265. The van der Waals surface area contributed by atoms with Crippen molar-refractivity contribution in [3.63, 3.8) is 0 Å². The highest BCUT2D eigenvalue weighted by Gasteiger charge is 2.14. The quantitative estimate of drug-likeness (QED) is 0.363. The lowest BCUT2D eigenvalue weighted by molar-refractivity contribution is -0.123. The number of ether oxygens (including phenoxy) is 1. The van der Waals surface area contributed by atoms with Crippen LogP contribution in [0.2, 0.25) is 0 Å². The first-order chi connectivity index (χ1) is 15.2. The molecule has 0 aliphatic rings. The first kappa shape index (κ1) is 20.1. The van der Waals surface area contributed by atoms with Gasteiger partial charge in [0.1, 0.15) is 5.75 Å². The second kappa shape index (κ2) is 9.54. The Morgan fingerprint density at radius 1 is 1.03 bits per heavy atom. The summed E-state index contributed by atoms with van der Waals surface area (Å²) in [6, 6.07) is 27.2. The van der Waals surface area contributed by atoms with Crippen LogP contribution >= 0.6 is 0 Å². The number of rotatable bonds is 7. The van der Waals surface area contributed by atoms with Crippen LogP contribution in [-0.2, 0) is 4.79 Å². The number of para-hydroxylation sites is 1. The Kier molecular flexibility index (Phi) is 6.18. The van der Waals surface area contributed by atoms with Crippen LogP contribution in [0, 0.1) is 6.92 Å². The molecule has 0 aliphatic heterocycles. The SMILES string of the molecule is Cc1ccc(OCC(=O)N/N=C/c2ccccc2)c(-c2ccnn2-c2ccccc2)c1. The molecular formula is C25H22N4O2. The Morgan fingerprint density at radius 2 is 1.77 bits per heavy atom. The van der Waals surface area contributed by atoms with E-state index in [4.69, 9.17) is 4.74 Å². The third-order valence-corrected chi connectivity index (χ3v) is 4.62. The van der Waals surface area contributed by atoms with E-state index in [0.717, 1.165) is 28.1 Å². The number of nitrogens with one attached hydrogen (secondary N) is 1. The van der Waals surface area contributed by atoms with E-state index in [1.165, 1.54) is 0 Å². The zero-order valence-electron chi connectivity index (χ0n) is 17.1. The minimum atomic E-state index is -0.338. The van der Waals surface area contributed by atoms with Crippen molar-refractivity contribution >= 4 is 12.1 Å². The van der Waals surface area contributed by atoms with Gasteiger partial charge in [0.15, 0.2) is 6.61 Å². The molecule has 154 valence electrons. The van der Waals surface area contributed by atoms with Gasteiger partial charge in [-0.3, -0.25) is 4.79 Å². The van der Waals surface area contributed by atoms with Crippen molar-refractivity contribution in [2.24, 2.45) is 5.10 Å². The van der Waals surface area contributed by atoms with Gasteiger partial charge < -0.3 is 4.74 Å². The summed E-state index contributed by atoms with van der Waals surface area (Å²) in [6.07, 6.45) is 3.34. The molecule has 6 heteroatoms. The topological polar surface area (TPSA) is 68.5 Å². The van der Waals surface area contributed by atoms with Gasteiger partial charge in [0.2, 0.25) is 0 Å². The number of aromatic nitrogens is 2.